The smallest absolute Gasteiger partial charge is 0.355 e. The molecule has 0 spiro atoms. The van der Waals surface area contributed by atoms with Crippen molar-refractivity contribution in [2.24, 2.45) is 12.2 Å². The maximum atomic E-state index is 13.6. The first-order valence-electron chi connectivity index (χ1n) is 16.4. The zero-order valence-electron chi connectivity index (χ0n) is 28.8. The number of likely N-dealkylation sites (tertiary alicyclic amines) is 1. The van der Waals surface area contributed by atoms with Gasteiger partial charge in [0.05, 0.1) is 13.1 Å². The predicted molar refractivity (Wildman–Crippen MR) is 201 cm³/mol. The van der Waals surface area contributed by atoms with Gasteiger partial charge in [0, 0.05) is 12.4 Å². The van der Waals surface area contributed by atoms with Gasteiger partial charge >= 0.3 is 5.97 Å². The van der Waals surface area contributed by atoms with Crippen LogP contribution in [0.2, 0.25) is 0 Å². The summed E-state index contributed by atoms with van der Waals surface area (Å²) in [6.07, 6.45) is 2.88. The average molecular weight is 750 g/mol. The summed E-state index contributed by atoms with van der Waals surface area (Å²) in [5.74, 6) is -1.97. The summed E-state index contributed by atoms with van der Waals surface area (Å²) < 4.78 is 8.31. The van der Waals surface area contributed by atoms with E-state index in [9.17, 15) is 14.4 Å². The Morgan fingerprint density at radius 2 is 1.62 bits per heavy atom. The molecule has 0 aliphatic carbocycles. The molecule has 16 heteroatoms. The molecule has 0 radical (unpaired) electrons. The van der Waals surface area contributed by atoms with Crippen LogP contribution < -0.4 is 10.6 Å². The molecule has 14 nitrogen and oxygen atoms in total. The monoisotopic (exact) mass is 749 g/mol. The summed E-state index contributed by atoms with van der Waals surface area (Å²) in [7, 11) is 2.95. The first-order valence-corrected chi connectivity index (χ1v) is 17.6. The summed E-state index contributed by atoms with van der Waals surface area (Å²) in [4.78, 5) is 51.0. The van der Waals surface area contributed by atoms with Crippen LogP contribution in [0.5, 0.6) is 0 Å². The van der Waals surface area contributed by atoms with Crippen LogP contribution in [0.25, 0.3) is 0 Å². The molecule has 3 aromatic carbocycles. The van der Waals surface area contributed by atoms with Crippen molar-refractivity contribution in [3.8, 4) is 0 Å². The number of rotatable bonds is 15. The second-order valence-corrected chi connectivity index (χ2v) is 12.9. The van der Waals surface area contributed by atoms with Gasteiger partial charge in [0.15, 0.2) is 10.8 Å². The van der Waals surface area contributed by atoms with E-state index >= 15 is 0 Å². The molecule has 2 amide bonds. The molecule has 2 aromatic heterocycles. The molecule has 5 aromatic rings. The van der Waals surface area contributed by atoms with Crippen LogP contribution in [0, 0.1) is 4.77 Å². The number of aryl methyl sites for hydroxylation is 1. The van der Waals surface area contributed by atoms with Gasteiger partial charge in [0.1, 0.15) is 36.7 Å². The van der Waals surface area contributed by atoms with Crippen molar-refractivity contribution < 1.29 is 24.0 Å². The highest BCUT2D eigenvalue weighted by molar-refractivity contribution is 7.71. The Morgan fingerprint density at radius 1 is 1.02 bits per heavy atom. The van der Waals surface area contributed by atoms with Crippen LogP contribution in [0.1, 0.15) is 22.4 Å². The number of tetrazole rings is 1. The molecule has 1 aliphatic rings. The number of nitrogens with zero attached hydrogens (tertiary/aromatic N) is 7. The number of thiazole rings is 1. The SMILES string of the molecule is C=CCOC(=O)/C(=C\Cn1nnn(C)c1=S)N1CC(NC(=O)/C(=N\OC)c2csc(NC(c3ccccc3)(c3ccccc3)c3ccccc3)n2)C1=O. The normalized spacial score (nSPS) is 14.6. The number of hydrogen-bond acceptors (Lipinski definition) is 12. The lowest BCUT2D eigenvalue weighted by Crippen LogP contribution is -2.64. The van der Waals surface area contributed by atoms with Crippen molar-refractivity contribution in [3.05, 3.63) is 148 Å². The molecule has 1 atom stereocenters. The molecular formula is C37H35N9O5S2. The lowest BCUT2D eigenvalue weighted by Gasteiger charge is -2.39. The Kier molecular flexibility index (Phi) is 11.3. The largest absolute Gasteiger partial charge is 0.457 e. The van der Waals surface area contributed by atoms with Crippen molar-refractivity contribution >= 4 is 52.2 Å². The number of nitrogens with one attached hydrogen (secondary N) is 2. The second kappa shape index (κ2) is 16.4. The van der Waals surface area contributed by atoms with E-state index in [0.29, 0.717) is 9.90 Å². The summed E-state index contributed by atoms with van der Waals surface area (Å²) in [6.45, 7) is 3.54. The van der Waals surface area contributed by atoms with E-state index in [1.807, 2.05) is 54.6 Å². The fraction of sp³-hybridized carbons (Fsp3) is 0.189. The lowest BCUT2D eigenvalue weighted by molar-refractivity contribution is -0.150. The van der Waals surface area contributed by atoms with E-state index in [0.717, 1.165) is 16.7 Å². The third-order valence-electron chi connectivity index (χ3n) is 8.36. The molecule has 3 heterocycles. The minimum absolute atomic E-state index is 0.0106. The first-order chi connectivity index (χ1) is 25.8. The number of amides is 2. The van der Waals surface area contributed by atoms with Crippen molar-refractivity contribution in [2.45, 2.75) is 18.1 Å². The van der Waals surface area contributed by atoms with Crippen LogP contribution in [0.4, 0.5) is 5.13 Å². The van der Waals surface area contributed by atoms with E-state index in [1.165, 1.54) is 44.9 Å². The highest BCUT2D eigenvalue weighted by Crippen LogP contribution is 2.40. The van der Waals surface area contributed by atoms with Crippen molar-refractivity contribution in [3.63, 3.8) is 0 Å². The Hall–Kier alpha value is -6.26. The fourth-order valence-corrected chi connectivity index (χ4v) is 6.70. The summed E-state index contributed by atoms with van der Waals surface area (Å²) >= 11 is 6.57. The van der Waals surface area contributed by atoms with Gasteiger partial charge < -0.3 is 25.1 Å². The summed E-state index contributed by atoms with van der Waals surface area (Å²) in [5, 5.41) is 20.3. The van der Waals surface area contributed by atoms with Crippen LogP contribution in [-0.4, -0.2) is 79.5 Å². The van der Waals surface area contributed by atoms with Gasteiger partial charge in [-0.25, -0.2) is 19.1 Å². The van der Waals surface area contributed by atoms with Gasteiger partial charge in [-0.05, 0) is 45.4 Å². The Balaban J connectivity index is 1.23. The van der Waals surface area contributed by atoms with Crippen LogP contribution in [-0.2, 0) is 43.1 Å². The van der Waals surface area contributed by atoms with E-state index < -0.39 is 29.4 Å². The van der Waals surface area contributed by atoms with E-state index in [2.05, 4.69) is 69.2 Å². The highest BCUT2D eigenvalue weighted by Gasteiger charge is 2.43. The van der Waals surface area contributed by atoms with Gasteiger partial charge in [-0.3, -0.25) is 9.59 Å². The molecule has 2 N–H and O–H groups in total. The van der Waals surface area contributed by atoms with E-state index in [4.69, 9.17) is 26.8 Å². The minimum atomic E-state index is -0.961. The van der Waals surface area contributed by atoms with Crippen molar-refractivity contribution in [1.82, 2.24) is 35.0 Å². The number of aromatic nitrogens is 5. The predicted octanol–water partition coefficient (Wildman–Crippen LogP) is 4.20. The number of ether oxygens (including phenoxy) is 1. The highest BCUT2D eigenvalue weighted by atomic mass is 32.1. The maximum Gasteiger partial charge on any atom is 0.355 e. The quantitative estimate of drug-likeness (QED) is 0.0233. The van der Waals surface area contributed by atoms with Gasteiger partial charge in [-0.2, -0.15) is 0 Å². The molecule has 0 bridgehead atoms. The van der Waals surface area contributed by atoms with Crippen LogP contribution in [0.3, 0.4) is 0 Å². The van der Waals surface area contributed by atoms with Crippen molar-refractivity contribution in [2.75, 3.05) is 25.6 Å². The molecule has 0 saturated carbocycles. The molecule has 53 heavy (non-hydrogen) atoms. The zero-order chi connectivity index (χ0) is 37.4. The van der Waals surface area contributed by atoms with Gasteiger partial charge in [0.2, 0.25) is 4.77 Å². The van der Waals surface area contributed by atoms with E-state index in [-0.39, 0.29) is 36.8 Å². The zero-order valence-corrected chi connectivity index (χ0v) is 30.4. The number of oxime groups is 1. The molecule has 6 rings (SSSR count). The molecular weight excluding hydrogens is 715 g/mol. The Labute approximate surface area is 314 Å². The topological polar surface area (TPSA) is 158 Å². The molecule has 1 saturated heterocycles. The Bertz CT molecular complexity index is 2120. The number of carbonyl (C=O) groups is 3. The van der Waals surface area contributed by atoms with Gasteiger partial charge in [-0.1, -0.05) is 109 Å². The number of hydrogen-bond donors (Lipinski definition) is 2. The van der Waals surface area contributed by atoms with Gasteiger partial charge in [0.25, 0.3) is 11.8 Å². The molecule has 1 unspecified atom stereocenters. The average Bonchev–Trinajstić information content (AvgIpc) is 3.79. The number of allylic oxidation sites excluding steroid dienone is 1. The van der Waals surface area contributed by atoms with Crippen LogP contribution in [0.15, 0.2) is 126 Å². The third-order valence-corrected chi connectivity index (χ3v) is 9.60. The maximum absolute atomic E-state index is 13.6. The molecule has 1 aliphatic heterocycles. The third kappa shape index (κ3) is 7.68. The van der Waals surface area contributed by atoms with Crippen molar-refractivity contribution in [1.29, 1.82) is 0 Å². The van der Waals surface area contributed by atoms with Gasteiger partial charge in [-0.15, -0.1) is 11.3 Å². The van der Waals surface area contributed by atoms with Crippen LogP contribution >= 0.6 is 23.6 Å². The standard InChI is InChI=1S/C37H35N9O5S2/c1-4-22-51-34(49)30(20-21-46-36(52)44(2)42-43-46)45-23-28(33(45)48)38-32(47)31(41-50-3)29-24-53-35(39-29)40-37(25-14-8-5-9-15-25,26-16-10-6-11-17-26)27-18-12-7-13-19-27/h4-20,24,28H,1,21-23H2,2-3H3,(H,38,47)(H,39,40)/b30-20+,41-31-. The summed E-state index contributed by atoms with van der Waals surface area (Å²) in [6, 6.07) is 29.1. The first kappa shape index (κ1) is 36.5. The fourth-order valence-electron chi connectivity index (χ4n) is 5.81. The lowest BCUT2D eigenvalue weighted by atomic mass is 9.77. The molecule has 1 fully saturated rings. The Morgan fingerprint density at radius 3 is 2.13 bits per heavy atom. The number of β-lactam (4-membered cyclic amide) rings is 1. The molecule has 270 valence electrons. The number of anilines is 1. The minimum Gasteiger partial charge on any atom is -0.457 e. The van der Waals surface area contributed by atoms with E-state index in [1.54, 1.807) is 12.4 Å². The number of benzene rings is 3. The number of carbonyl (C=O) groups excluding carboxylic acids is 3. The summed E-state index contributed by atoms with van der Waals surface area (Å²) in [5.41, 5.74) is 2.16. The second-order valence-electron chi connectivity index (χ2n) is 11.7. The number of esters is 1.